The Balaban J connectivity index is 1.47. The third kappa shape index (κ3) is 7.56. The Morgan fingerprint density at radius 2 is 1.70 bits per heavy atom. The van der Waals surface area contributed by atoms with Gasteiger partial charge in [0.25, 0.3) is 0 Å². The lowest BCUT2D eigenvalue weighted by atomic mass is 9.91. The first-order valence-corrected chi connectivity index (χ1v) is 13.6. The molecule has 1 aliphatic rings. The molecule has 4 atom stereocenters. The van der Waals surface area contributed by atoms with E-state index in [0.717, 1.165) is 28.0 Å². The number of carbonyl (C=O) groups is 1. The van der Waals surface area contributed by atoms with E-state index in [9.17, 15) is 15.0 Å². The van der Waals surface area contributed by atoms with Gasteiger partial charge in [-0.25, -0.2) is 4.79 Å². The summed E-state index contributed by atoms with van der Waals surface area (Å²) >= 11 is 1.65. The zero-order valence-corrected chi connectivity index (χ0v) is 21.7. The summed E-state index contributed by atoms with van der Waals surface area (Å²) in [4.78, 5) is 12.5. The number of benzene rings is 3. The van der Waals surface area contributed by atoms with Crippen molar-refractivity contribution < 1.29 is 24.5 Å². The van der Waals surface area contributed by atoms with Crippen LogP contribution < -0.4 is 10.6 Å². The molecule has 2 amide bonds. The number of amides is 2. The molecule has 3 aromatic rings. The van der Waals surface area contributed by atoms with Crippen LogP contribution in [0.15, 0.2) is 78.9 Å². The summed E-state index contributed by atoms with van der Waals surface area (Å²) in [5.41, 5.74) is 4.34. The third-order valence-electron chi connectivity index (χ3n) is 6.35. The number of aliphatic hydroxyl groups excluding tert-OH is 2. The highest BCUT2D eigenvalue weighted by Crippen LogP contribution is 2.42. The van der Waals surface area contributed by atoms with Crippen LogP contribution in [0.3, 0.4) is 0 Å². The van der Waals surface area contributed by atoms with Gasteiger partial charge >= 0.3 is 6.03 Å². The molecule has 0 unspecified atom stereocenters. The van der Waals surface area contributed by atoms with Gasteiger partial charge in [0.05, 0.1) is 25.4 Å². The molecule has 1 saturated heterocycles. The summed E-state index contributed by atoms with van der Waals surface area (Å²) in [7, 11) is 0. The number of aliphatic hydroxyl groups is 2. The maximum Gasteiger partial charge on any atom is 0.319 e. The molecule has 1 aliphatic heterocycles. The fourth-order valence-electron chi connectivity index (χ4n) is 4.29. The van der Waals surface area contributed by atoms with E-state index < -0.39 is 6.29 Å². The average Bonchev–Trinajstić information content (AvgIpc) is 2.94. The van der Waals surface area contributed by atoms with Crippen LogP contribution in [-0.4, -0.2) is 40.5 Å². The zero-order valence-electron chi connectivity index (χ0n) is 20.9. The van der Waals surface area contributed by atoms with Crippen molar-refractivity contribution in [1.82, 2.24) is 5.32 Å². The van der Waals surface area contributed by atoms with Gasteiger partial charge in [0.15, 0.2) is 6.29 Å². The van der Waals surface area contributed by atoms with Crippen LogP contribution in [0.4, 0.5) is 10.5 Å². The summed E-state index contributed by atoms with van der Waals surface area (Å²) in [6.45, 7) is 2.66. The second-order valence-electron chi connectivity index (χ2n) is 9.04. The minimum atomic E-state index is -0.618. The van der Waals surface area contributed by atoms with Crippen LogP contribution in [0, 0.1) is 5.92 Å². The second kappa shape index (κ2) is 13.6. The van der Waals surface area contributed by atoms with Crippen LogP contribution >= 0.6 is 11.8 Å². The van der Waals surface area contributed by atoms with Gasteiger partial charge in [-0.15, -0.1) is 0 Å². The molecule has 1 heterocycles. The molecule has 1 fully saturated rings. The van der Waals surface area contributed by atoms with Gasteiger partial charge < -0.3 is 30.3 Å². The average molecular weight is 523 g/mol. The number of urea groups is 1. The van der Waals surface area contributed by atoms with Gasteiger partial charge in [-0.2, -0.15) is 11.8 Å². The number of carbonyl (C=O) groups excluding carboxylic acids is 1. The highest BCUT2D eigenvalue weighted by Gasteiger charge is 2.38. The molecule has 196 valence electrons. The summed E-state index contributed by atoms with van der Waals surface area (Å²) in [6.07, 6.45) is -0.923. The number of rotatable bonds is 10. The summed E-state index contributed by atoms with van der Waals surface area (Å²) < 4.78 is 12.9. The van der Waals surface area contributed by atoms with Gasteiger partial charge in [0, 0.05) is 35.2 Å². The van der Waals surface area contributed by atoms with Crippen molar-refractivity contribution in [2.45, 2.75) is 38.6 Å². The maximum atomic E-state index is 12.5. The van der Waals surface area contributed by atoms with Crippen molar-refractivity contribution in [1.29, 1.82) is 0 Å². The summed E-state index contributed by atoms with van der Waals surface area (Å²) in [5.74, 6) is 1.45. The Kier molecular flexibility index (Phi) is 9.99. The van der Waals surface area contributed by atoms with Crippen molar-refractivity contribution in [3.05, 3.63) is 101 Å². The molecule has 0 radical (unpaired) electrons. The number of hydrogen-bond donors (Lipinski definition) is 4. The van der Waals surface area contributed by atoms with Gasteiger partial charge in [0.2, 0.25) is 0 Å². The lowest BCUT2D eigenvalue weighted by molar-refractivity contribution is -0.268. The van der Waals surface area contributed by atoms with Gasteiger partial charge in [-0.3, -0.25) is 0 Å². The fourth-order valence-corrected chi connectivity index (χ4v) is 5.20. The SMILES string of the molecule is C[C@H]1[C@@H](CSCCO)O[C@@H](c2cccc(NC(=O)NCc3ccccc3)c2)O[C@H]1c1ccc(CO)cc1. The van der Waals surface area contributed by atoms with Crippen LogP contribution in [0.25, 0.3) is 0 Å². The molecule has 37 heavy (non-hydrogen) atoms. The summed E-state index contributed by atoms with van der Waals surface area (Å²) in [5, 5.41) is 24.4. The number of hydrogen-bond acceptors (Lipinski definition) is 6. The van der Waals surface area contributed by atoms with Gasteiger partial charge in [-0.1, -0.05) is 73.7 Å². The predicted octanol–water partition coefficient (Wildman–Crippen LogP) is 5.02. The van der Waals surface area contributed by atoms with E-state index in [4.69, 9.17) is 9.47 Å². The minimum Gasteiger partial charge on any atom is -0.396 e. The van der Waals surface area contributed by atoms with E-state index >= 15 is 0 Å². The molecule has 0 aromatic heterocycles. The molecule has 4 N–H and O–H groups in total. The van der Waals surface area contributed by atoms with E-state index in [1.165, 1.54) is 0 Å². The Bertz CT molecular complexity index is 1130. The Labute approximate surface area is 222 Å². The van der Waals surface area contributed by atoms with E-state index in [2.05, 4.69) is 17.6 Å². The quantitative estimate of drug-likeness (QED) is 0.279. The zero-order chi connectivity index (χ0) is 26.0. The second-order valence-corrected chi connectivity index (χ2v) is 10.2. The van der Waals surface area contributed by atoms with Crippen LogP contribution in [0.1, 0.15) is 41.6 Å². The normalized spacial score (nSPS) is 21.4. The van der Waals surface area contributed by atoms with Crippen molar-refractivity contribution in [2.75, 3.05) is 23.4 Å². The predicted molar refractivity (Wildman–Crippen MR) is 146 cm³/mol. The largest absolute Gasteiger partial charge is 0.396 e. The standard InChI is InChI=1S/C29H34N2O5S/c1-20-26(19-37-15-14-32)35-28(36-27(20)23-12-10-22(18-33)11-13-23)24-8-5-9-25(16-24)31-29(34)30-17-21-6-3-2-4-7-21/h2-13,16,20,26-28,32-33H,14-15,17-19H2,1H3,(H2,30,31,34)/t20-,26+,27+,28+/m0/s1. The molecule has 0 saturated carbocycles. The molecule has 7 nitrogen and oxygen atoms in total. The monoisotopic (exact) mass is 522 g/mol. The first kappa shape index (κ1) is 27.2. The maximum absolute atomic E-state index is 12.5. The summed E-state index contributed by atoms with van der Waals surface area (Å²) in [6, 6.07) is 24.7. The molecule has 0 aliphatic carbocycles. The molecule has 8 heteroatoms. The van der Waals surface area contributed by atoms with Crippen molar-refractivity contribution in [3.63, 3.8) is 0 Å². The van der Waals surface area contributed by atoms with Crippen molar-refractivity contribution in [3.8, 4) is 0 Å². The number of nitrogens with one attached hydrogen (secondary N) is 2. The minimum absolute atomic E-state index is 0.00770. The van der Waals surface area contributed by atoms with Crippen LogP contribution in [-0.2, 0) is 22.6 Å². The lowest BCUT2D eigenvalue weighted by Gasteiger charge is -2.41. The first-order valence-electron chi connectivity index (χ1n) is 12.5. The van der Waals surface area contributed by atoms with E-state index in [-0.39, 0.29) is 37.4 Å². The van der Waals surface area contributed by atoms with Crippen molar-refractivity contribution >= 4 is 23.5 Å². The number of anilines is 1. The van der Waals surface area contributed by atoms with Crippen LogP contribution in [0.2, 0.25) is 0 Å². The molecular formula is C29H34N2O5S. The lowest BCUT2D eigenvalue weighted by Crippen LogP contribution is -2.38. The van der Waals surface area contributed by atoms with E-state index in [1.807, 2.05) is 78.9 Å². The highest BCUT2D eigenvalue weighted by atomic mass is 32.2. The van der Waals surface area contributed by atoms with Gasteiger partial charge in [-0.05, 0) is 28.8 Å². The molecule has 0 spiro atoms. The molecule has 4 rings (SSSR count). The first-order chi connectivity index (χ1) is 18.1. The smallest absolute Gasteiger partial charge is 0.319 e. The number of ether oxygens (including phenoxy) is 2. The topological polar surface area (TPSA) is 100 Å². The van der Waals surface area contributed by atoms with E-state index in [1.54, 1.807) is 11.8 Å². The van der Waals surface area contributed by atoms with Gasteiger partial charge in [0.1, 0.15) is 0 Å². The number of thioether (sulfide) groups is 1. The molecule has 3 aromatic carbocycles. The van der Waals surface area contributed by atoms with E-state index in [0.29, 0.717) is 18.0 Å². The Hall–Kier alpha value is -2.88. The highest BCUT2D eigenvalue weighted by molar-refractivity contribution is 7.99. The van der Waals surface area contributed by atoms with Crippen LogP contribution in [0.5, 0.6) is 0 Å². The molecule has 0 bridgehead atoms. The Morgan fingerprint density at radius 3 is 2.43 bits per heavy atom. The fraction of sp³-hybridized carbons (Fsp3) is 0.345. The Morgan fingerprint density at radius 1 is 0.919 bits per heavy atom. The molecular weight excluding hydrogens is 488 g/mol. The third-order valence-corrected chi connectivity index (χ3v) is 7.39. The van der Waals surface area contributed by atoms with Crippen molar-refractivity contribution in [2.24, 2.45) is 5.92 Å².